The van der Waals surface area contributed by atoms with Gasteiger partial charge in [-0.3, -0.25) is 9.89 Å². The average Bonchev–Trinajstić information content (AvgIpc) is 3.01. The van der Waals surface area contributed by atoms with Gasteiger partial charge >= 0.3 is 0 Å². The predicted molar refractivity (Wildman–Crippen MR) is 69.9 cm³/mol. The fourth-order valence-electron chi connectivity index (χ4n) is 3.90. The highest BCUT2D eigenvalue weighted by Gasteiger charge is 2.47. The summed E-state index contributed by atoms with van der Waals surface area (Å²) in [6.45, 7) is 1.80. The van der Waals surface area contributed by atoms with Crippen LogP contribution in [0.1, 0.15) is 36.7 Å². The van der Waals surface area contributed by atoms with Crippen LogP contribution >= 0.6 is 0 Å². The molecule has 0 aliphatic heterocycles. The Kier molecular flexibility index (Phi) is 2.15. The minimum atomic E-state index is -0.113. The number of H-pyrrole nitrogens is 1. The molecule has 4 atom stereocenters. The maximum absolute atomic E-state index is 11.9. The minimum absolute atomic E-state index is 0.113. The van der Waals surface area contributed by atoms with Crippen molar-refractivity contribution in [1.29, 1.82) is 0 Å². The number of rotatable bonds is 1. The van der Waals surface area contributed by atoms with E-state index >= 15 is 0 Å². The van der Waals surface area contributed by atoms with Gasteiger partial charge in [0.15, 0.2) is 0 Å². The van der Waals surface area contributed by atoms with E-state index in [1.54, 1.807) is 6.92 Å². The third-order valence-electron chi connectivity index (χ3n) is 4.77. The van der Waals surface area contributed by atoms with Crippen molar-refractivity contribution in [2.24, 2.45) is 17.6 Å². The maximum atomic E-state index is 11.9. The van der Waals surface area contributed by atoms with Crippen LogP contribution in [-0.4, -0.2) is 25.6 Å². The van der Waals surface area contributed by atoms with E-state index in [-0.39, 0.29) is 17.5 Å². The van der Waals surface area contributed by atoms with E-state index in [1.165, 1.54) is 29.8 Å². The standard InChI is InChI=1S/C13H17N5O/c1-6-4-9(19)18-13(15-6)16-12(17-18)10-7-2-3-8(5-7)11(10)14/h4,7-8,10-11H,2-3,5,14H2,1H3,(H,15,16,17). The summed E-state index contributed by atoms with van der Waals surface area (Å²) < 4.78 is 1.42. The lowest BCUT2D eigenvalue weighted by Crippen LogP contribution is -2.34. The predicted octanol–water partition coefficient (Wildman–Crippen LogP) is 0.567. The normalized spacial score (nSPS) is 33.4. The molecule has 2 heterocycles. The first-order chi connectivity index (χ1) is 9.13. The molecule has 2 aromatic heterocycles. The van der Waals surface area contributed by atoms with Gasteiger partial charge in [0.25, 0.3) is 11.3 Å². The lowest BCUT2D eigenvalue weighted by Gasteiger charge is -2.25. The monoisotopic (exact) mass is 259 g/mol. The Morgan fingerprint density at radius 1 is 1.37 bits per heavy atom. The molecule has 3 N–H and O–H groups in total. The summed E-state index contributed by atoms with van der Waals surface area (Å²) in [6.07, 6.45) is 3.66. The molecule has 4 unspecified atom stereocenters. The smallest absolute Gasteiger partial charge is 0.274 e. The zero-order valence-corrected chi connectivity index (χ0v) is 10.8. The summed E-state index contributed by atoms with van der Waals surface area (Å²) >= 11 is 0. The molecule has 2 aromatic rings. The van der Waals surface area contributed by atoms with Crippen molar-refractivity contribution >= 4 is 5.78 Å². The van der Waals surface area contributed by atoms with Gasteiger partial charge in [-0.15, -0.1) is 0 Å². The van der Waals surface area contributed by atoms with E-state index < -0.39 is 0 Å². The first-order valence-corrected chi connectivity index (χ1v) is 6.85. The Bertz CT molecular complexity index is 701. The Morgan fingerprint density at radius 3 is 2.89 bits per heavy atom. The summed E-state index contributed by atoms with van der Waals surface area (Å²) in [5, 5.41) is 3.10. The summed E-state index contributed by atoms with van der Waals surface area (Å²) in [7, 11) is 0. The van der Waals surface area contributed by atoms with Gasteiger partial charge in [-0.1, -0.05) is 0 Å². The zero-order chi connectivity index (χ0) is 13.1. The highest BCUT2D eigenvalue weighted by atomic mass is 16.1. The number of nitrogens with zero attached hydrogens (tertiary/aromatic N) is 3. The molecule has 0 radical (unpaired) electrons. The number of hydrogen-bond acceptors (Lipinski definition) is 4. The van der Waals surface area contributed by atoms with Crippen molar-refractivity contribution < 1.29 is 0 Å². The van der Waals surface area contributed by atoms with Gasteiger partial charge in [0.2, 0.25) is 0 Å². The number of fused-ring (bicyclic) bond motifs is 3. The maximum Gasteiger partial charge on any atom is 0.274 e. The van der Waals surface area contributed by atoms with E-state index in [0.29, 0.717) is 23.3 Å². The molecule has 19 heavy (non-hydrogen) atoms. The second-order valence-electron chi connectivity index (χ2n) is 5.92. The lowest BCUT2D eigenvalue weighted by atomic mass is 9.84. The number of nitrogens with two attached hydrogens (primary N) is 1. The molecule has 2 saturated carbocycles. The van der Waals surface area contributed by atoms with Gasteiger partial charge in [0.1, 0.15) is 5.82 Å². The van der Waals surface area contributed by atoms with E-state index in [4.69, 9.17) is 5.73 Å². The molecular weight excluding hydrogens is 242 g/mol. The molecule has 2 aliphatic rings. The second kappa shape index (κ2) is 3.66. The Morgan fingerprint density at radius 2 is 2.16 bits per heavy atom. The van der Waals surface area contributed by atoms with Crippen molar-refractivity contribution in [3.63, 3.8) is 0 Å². The van der Waals surface area contributed by atoms with Crippen LogP contribution in [0.4, 0.5) is 0 Å². The summed E-state index contributed by atoms with van der Waals surface area (Å²) in [6, 6.07) is 1.67. The van der Waals surface area contributed by atoms with Crippen LogP contribution in [0.15, 0.2) is 10.9 Å². The van der Waals surface area contributed by atoms with E-state index in [0.717, 1.165) is 5.82 Å². The zero-order valence-electron chi connectivity index (χ0n) is 10.8. The van der Waals surface area contributed by atoms with Crippen molar-refractivity contribution in [3.05, 3.63) is 27.9 Å². The summed E-state index contributed by atoms with van der Waals surface area (Å²) in [5.41, 5.74) is 6.90. The SMILES string of the molecule is Cc1cc(=O)n2[nH]c(C3C4CCC(C4)C3N)nc2n1. The molecule has 0 amide bonds. The molecule has 0 spiro atoms. The topological polar surface area (TPSA) is 89.1 Å². The number of hydrogen-bond donors (Lipinski definition) is 2. The van der Waals surface area contributed by atoms with Crippen LogP contribution in [0.2, 0.25) is 0 Å². The molecule has 0 saturated heterocycles. The molecule has 100 valence electrons. The fourth-order valence-corrected chi connectivity index (χ4v) is 3.90. The van der Waals surface area contributed by atoms with Crippen LogP contribution in [-0.2, 0) is 0 Å². The van der Waals surface area contributed by atoms with E-state index in [9.17, 15) is 4.79 Å². The first kappa shape index (κ1) is 11.2. The quantitative estimate of drug-likeness (QED) is 0.783. The molecule has 2 aliphatic carbocycles. The molecule has 2 fully saturated rings. The fraction of sp³-hybridized carbons (Fsp3) is 0.615. The van der Waals surface area contributed by atoms with Gasteiger partial charge in [-0.2, -0.15) is 9.50 Å². The molecule has 2 bridgehead atoms. The van der Waals surface area contributed by atoms with Crippen LogP contribution in [0.3, 0.4) is 0 Å². The van der Waals surface area contributed by atoms with Crippen LogP contribution in [0.5, 0.6) is 0 Å². The number of aryl methyl sites for hydroxylation is 1. The van der Waals surface area contributed by atoms with Gasteiger partial charge in [0, 0.05) is 23.7 Å². The van der Waals surface area contributed by atoms with Crippen molar-refractivity contribution in [2.75, 3.05) is 0 Å². The summed E-state index contributed by atoms with van der Waals surface area (Å²) in [5.74, 6) is 2.76. The van der Waals surface area contributed by atoms with Crippen molar-refractivity contribution in [1.82, 2.24) is 19.6 Å². The minimum Gasteiger partial charge on any atom is -0.327 e. The van der Waals surface area contributed by atoms with Gasteiger partial charge in [0.05, 0.1) is 0 Å². The second-order valence-corrected chi connectivity index (χ2v) is 5.92. The molecule has 4 rings (SSSR count). The van der Waals surface area contributed by atoms with E-state index in [1.807, 2.05) is 0 Å². The van der Waals surface area contributed by atoms with Crippen LogP contribution < -0.4 is 11.3 Å². The average molecular weight is 259 g/mol. The molecule has 6 heteroatoms. The Labute approximate surface area is 110 Å². The lowest BCUT2D eigenvalue weighted by molar-refractivity contribution is 0.354. The van der Waals surface area contributed by atoms with Gasteiger partial charge in [-0.05, 0) is 38.0 Å². The molecule has 0 aromatic carbocycles. The Balaban J connectivity index is 1.84. The highest BCUT2D eigenvalue weighted by molar-refractivity contribution is 5.29. The van der Waals surface area contributed by atoms with Crippen LogP contribution in [0, 0.1) is 18.8 Å². The van der Waals surface area contributed by atoms with Gasteiger partial charge < -0.3 is 5.73 Å². The van der Waals surface area contributed by atoms with Crippen molar-refractivity contribution in [2.45, 2.75) is 38.1 Å². The highest BCUT2D eigenvalue weighted by Crippen LogP contribution is 2.51. The van der Waals surface area contributed by atoms with E-state index in [2.05, 4.69) is 15.1 Å². The first-order valence-electron chi connectivity index (χ1n) is 6.85. The number of aromatic nitrogens is 4. The molecule has 6 nitrogen and oxygen atoms in total. The summed E-state index contributed by atoms with van der Waals surface area (Å²) in [4.78, 5) is 20.7. The van der Waals surface area contributed by atoms with Gasteiger partial charge in [-0.25, -0.2) is 4.98 Å². The van der Waals surface area contributed by atoms with Crippen LogP contribution in [0.25, 0.3) is 5.78 Å². The van der Waals surface area contributed by atoms with Crippen molar-refractivity contribution in [3.8, 4) is 0 Å². The third-order valence-corrected chi connectivity index (χ3v) is 4.77. The Hall–Kier alpha value is -1.69. The number of nitrogens with one attached hydrogen (secondary N) is 1. The number of aromatic amines is 1. The molecular formula is C13H17N5O. The largest absolute Gasteiger partial charge is 0.327 e. The third kappa shape index (κ3) is 1.49.